The maximum Gasteiger partial charge on any atom is 0.147 e. The molecule has 1 aromatic carbocycles. The number of nitrogens with one attached hydrogen (secondary N) is 1. The van der Waals surface area contributed by atoms with Crippen LogP contribution >= 0.6 is 15.9 Å². The monoisotopic (exact) mass is 347 g/mol. The van der Waals surface area contributed by atoms with Gasteiger partial charge in [0, 0.05) is 16.8 Å². The minimum atomic E-state index is -2.92. The number of sulfone groups is 1. The molecule has 0 saturated carbocycles. The van der Waals surface area contributed by atoms with E-state index >= 15 is 0 Å². The normalized spacial score (nSPS) is 13.5. The molecule has 0 aromatic heterocycles. The third kappa shape index (κ3) is 6.54. The first-order chi connectivity index (χ1) is 8.81. The average molecular weight is 348 g/mol. The molecular formula is C14H22BrNO2S. The van der Waals surface area contributed by atoms with Gasteiger partial charge in [0.15, 0.2) is 0 Å². The van der Waals surface area contributed by atoms with Crippen molar-refractivity contribution in [1.82, 2.24) is 5.32 Å². The van der Waals surface area contributed by atoms with Crippen molar-refractivity contribution in [3.63, 3.8) is 0 Å². The fourth-order valence-electron chi connectivity index (χ4n) is 2.00. The van der Waals surface area contributed by atoms with Gasteiger partial charge in [0.1, 0.15) is 9.84 Å². The lowest BCUT2D eigenvalue weighted by atomic mass is 10.0. The van der Waals surface area contributed by atoms with Gasteiger partial charge in [0.2, 0.25) is 0 Å². The van der Waals surface area contributed by atoms with Crippen molar-refractivity contribution in [2.45, 2.75) is 32.7 Å². The Bertz CT molecular complexity index is 494. The van der Waals surface area contributed by atoms with Gasteiger partial charge in [-0.15, -0.1) is 0 Å². The number of hydrogen-bond acceptors (Lipinski definition) is 3. The minimum absolute atomic E-state index is 0.0888. The first kappa shape index (κ1) is 16.7. The summed E-state index contributed by atoms with van der Waals surface area (Å²) in [5, 5.41) is 3.43. The van der Waals surface area contributed by atoms with Crippen LogP contribution in [-0.2, 0) is 9.84 Å². The molecule has 0 spiro atoms. The highest BCUT2D eigenvalue weighted by Gasteiger charge is 2.14. The van der Waals surface area contributed by atoms with E-state index in [2.05, 4.69) is 46.4 Å². The third-order valence-corrected chi connectivity index (χ3v) is 4.32. The Morgan fingerprint density at radius 3 is 2.53 bits per heavy atom. The Balaban J connectivity index is 2.88. The Kier molecular flexibility index (Phi) is 6.50. The second-order valence-corrected chi connectivity index (χ2v) is 8.16. The van der Waals surface area contributed by atoms with Crippen LogP contribution in [0.25, 0.3) is 0 Å². The standard InChI is InChI=1S/C14H22BrNO2S/c1-4-6-16-14(5-7-19(3,17)18)12-8-11(2)9-13(15)10-12/h8-10,14,16H,4-7H2,1-3H3. The number of rotatable bonds is 7. The van der Waals surface area contributed by atoms with E-state index < -0.39 is 9.84 Å². The van der Waals surface area contributed by atoms with E-state index in [1.807, 2.05) is 6.92 Å². The first-order valence-electron chi connectivity index (χ1n) is 6.50. The molecule has 0 aliphatic heterocycles. The van der Waals surface area contributed by atoms with Crippen LogP contribution < -0.4 is 5.32 Å². The molecule has 3 nitrogen and oxygen atoms in total. The van der Waals surface area contributed by atoms with Crippen LogP contribution in [0.5, 0.6) is 0 Å². The number of benzene rings is 1. The van der Waals surface area contributed by atoms with Crippen molar-refractivity contribution in [2.24, 2.45) is 0 Å². The maximum atomic E-state index is 11.3. The predicted octanol–water partition coefficient (Wildman–Crippen LogP) is 3.23. The number of aryl methyl sites for hydroxylation is 1. The molecule has 1 aromatic rings. The summed E-state index contributed by atoms with van der Waals surface area (Å²) in [7, 11) is -2.92. The number of hydrogen-bond donors (Lipinski definition) is 1. The first-order valence-corrected chi connectivity index (χ1v) is 9.35. The van der Waals surface area contributed by atoms with Crippen molar-refractivity contribution < 1.29 is 8.42 Å². The van der Waals surface area contributed by atoms with E-state index in [9.17, 15) is 8.42 Å². The summed E-state index contributed by atoms with van der Waals surface area (Å²) in [4.78, 5) is 0. The highest BCUT2D eigenvalue weighted by molar-refractivity contribution is 9.10. The lowest BCUT2D eigenvalue weighted by Gasteiger charge is -2.19. The van der Waals surface area contributed by atoms with Gasteiger partial charge in [-0.25, -0.2) is 8.42 Å². The molecule has 1 rings (SSSR count). The second-order valence-electron chi connectivity index (χ2n) is 4.99. The van der Waals surface area contributed by atoms with Gasteiger partial charge in [0.25, 0.3) is 0 Å². The SMILES string of the molecule is CCCNC(CCS(C)(=O)=O)c1cc(C)cc(Br)c1. The van der Waals surface area contributed by atoms with E-state index in [0.29, 0.717) is 6.42 Å². The molecule has 1 N–H and O–H groups in total. The lowest BCUT2D eigenvalue weighted by molar-refractivity contribution is 0.513. The van der Waals surface area contributed by atoms with Crippen molar-refractivity contribution in [3.05, 3.63) is 33.8 Å². The summed E-state index contributed by atoms with van der Waals surface area (Å²) in [6.45, 7) is 5.04. The quantitative estimate of drug-likeness (QED) is 0.823. The fourth-order valence-corrected chi connectivity index (χ4v) is 3.29. The highest BCUT2D eigenvalue weighted by atomic mass is 79.9. The Morgan fingerprint density at radius 1 is 1.32 bits per heavy atom. The molecule has 0 aliphatic rings. The zero-order chi connectivity index (χ0) is 14.5. The van der Waals surface area contributed by atoms with Crippen molar-refractivity contribution >= 4 is 25.8 Å². The zero-order valence-corrected chi connectivity index (χ0v) is 14.1. The summed E-state index contributed by atoms with van der Waals surface area (Å²) in [5.41, 5.74) is 2.32. The van der Waals surface area contributed by atoms with Crippen LogP contribution in [0, 0.1) is 6.92 Å². The molecule has 0 fully saturated rings. The number of halogens is 1. The zero-order valence-electron chi connectivity index (χ0n) is 11.7. The second kappa shape index (κ2) is 7.41. The van der Waals surface area contributed by atoms with Gasteiger partial charge in [-0.05, 0) is 49.6 Å². The van der Waals surface area contributed by atoms with Gasteiger partial charge in [0.05, 0.1) is 5.75 Å². The molecule has 0 amide bonds. The van der Waals surface area contributed by atoms with Crippen LogP contribution in [0.2, 0.25) is 0 Å². The molecule has 0 heterocycles. The summed E-state index contributed by atoms with van der Waals surface area (Å²) in [6, 6.07) is 6.31. The molecule has 0 aliphatic carbocycles. The Hall–Kier alpha value is -0.390. The van der Waals surface area contributed by atoms with Crippen molar-refractivity contribution in [2.75, 3.05) is 18.6 Å². The summed E-state index contributed by atoms with van der Waals surface area (Å²) in [6.07, 6.45) is 2.92. The van der Waals surface area contributed by atoms with Crippen LogP contribution in [-0.4, -0.2) is 27.0 Å². The van der Waals surface area contributed by atoms with Crippen LogP contribution in [0.1, 0.15) is 36.9 Å². The van der Waals surface area contributed by atoms with E-state index in [-0.39, 0.29) is 11.8 Å². The van der Waals surface area contributed by atoms with E-state index in [1.54, 1.807) is 0 Å². The fraction of sp³-hybridized carbons (Fsp3) is 0.571. The average Bonchev–Trinajstić information content (AvgIpc) is 2.26. The molecule has 1 unspecified atom stereocenters. The van der Waals surface area contributed by atoms with E-state index in [4.69, 9.17) is 0 Å². The molecular weight excluding hydrogens is 326 g/mol. The summed E-state index contributed by atoms with van der Waals surface area (Å²) < 4.78 is 23.7. The van der Waals surface area contributed by atoms with Gasteiger partial charge in [-0.1, -0.05) is 28.9 Å². The largest absolute Gasteiger partial charge is 0.310 e. The molecule has 108 valence electrons. The van der Waals surface area contributed by atoms with Crippen molar-refractivity contribution in [3.8, 4) is 0 Å². The molecule has 1 atom stereocenters. The highest BCUT2D eigenvalue weighted by Crippen LogP contribution is 2.23. The third-order valence-electron chi connectivity index (χ3n) is 2.88. The van der Waals surface area contributed by atoms with Gasteiger partial charge in [-0.3, -0.25) is 0 Å². The van der Waals surface area contributed by atoms with Crippen molar-refractivity contribution in [1.29, 1.82) is 0 Å². The topological polar surface area (TPSA) is 46.2 Å². The van der Waals surface area contributed by atoms with E-state index in [0.717, 1.165) is 23.0 Å². The molecule has 5 heteroatoms. The van der Waals surface area contributed by atoms with E-state index in [1.165, 1.54) is 11.8 Å². The van der Waals surface area contributed by atoms with Gasteiger partial charge < -0.3 is 5.32 Å². The van der Waals surface area contributed by atoms with Crippen LogP contribution in [0.15, 0.2) is 22.7 Å². The van der Waals surface area contributed by atoms with Crippen LogP contribution in [0.3, 0.4) is 0 Å². The molecule has 19 heavy (non-hydrogen) atoms. The maximum absolute atomic E-state index is 11.3. The molecule has 0 saturated heterocycles. The van der Waals surface area contributed by atoms with Crippen LogP contribution in [0.4, 0.5) is 0 Å². The Morgan fingerprint density at radius 2 is 2.00 bits per heavy atom. The lowest BCUT2D eigenvalue weighted by Crippen LogP contribution is -2.24. The smallest absolute Gasteiger partial charge is 0.147 e. The summed E-state index contributed by atoms with van der Waals surface area (Å²) in [5.74, 6) is 0.208. The summed E-state index contributed by atoms with van der Waals surface area (Å²) >= 11 is 3.49. The minimum Gasteiger partial charge on any atom is -0.310 e. The molecule has 0 radical (unpaired) electrons. The predicted molar refractivity (Wildman–Crippen MR) is 84.2 cm³/mol. The molecule has 0 bridgehead atoms. The Labute approximate surface area is 124 Å². The van der Waals surface area contributed by atoms with Gasteiger partial charge >= 0.3 is 0 Å². The van der Waals surface area contributed by atoms with Gasteiger partial charge in [-0.2, -0.15) is 0 Å².